The standard InChI is InChI=1S/C14H12ClN3O2/c1-9-4-5-11(10(15)7-9)16-8-13-17-14(18-20-13)12-3-2-6-19-12/h2-7,16H,8H2,1H3. The van der Waals surface area contributed by atoms with E-state index in [1.807, 2.05) is 25.1 Å². The van der Waals surface area contributed by atoms with Crippen LogP contribution in [0.2, 0.25) is 5.02 Å². The van der Waals surface area contributed by atoms with Crippen LogP contribution in [-0.2, 0) is 6.54 Å². The Hall–Kier alpha value is -2.27. The minimum absolute atomic E-state index is 0.399. The lowest BCUT2D eigenvalue weighted by Gasteiger charge is -2.06. The first-order valence-electron chi connectivity index (χ1n) is 6.09. The second-order valence-corrected chi connectivity index (χ2v) is 4.73. The Balaban J connectivity index is 1.70. The van der Waals surface area contributed by atoms with E-state index in [9.17, 15) is 0 Å². The third kappa shape index (κ3) is 2.67. The van der Waals surface area contributed by atoms with Gasteiger partial charge in [-0.25, -0.2) is 0 Å². The maximum absolute atomic E-state index is 6.14. The van der Waals surface area contributed by atoms with E-state index < -0.39 is 0 Å². The summed E-state index contributed by atoms with van der Waals surface area (Å²) in [6, 6.07) is 9.35. The number of hydrogen-bond acceptors (Lipinski definition) is 5. The summed E-state index contributed by atoms with van der Waals surface area (Å²) < 4.78 is 10.3. The maximum Gasteiger partial charge on any atom is 0.246 e. The lowest BCUT2D eigenvalue weighted by atomic mass is 10.2. The van der Waals surface area contributed by atoms with Crippen molar-refractivity contribution in [3.8, 4) is 11.6 Å². The van der Waals surface area contributed by atoms with Crippen molar-refractivity contribution in [2.75, 3.05) is 5.32 Å². The summed E-state index contributed by atoms with van der Waals surface area (Å²) in [6.07, 6.45) is 1.57. The zero-order valence-corrected chi connectivity index (χ0v) is 11.5. The minimum Gasteiger partial charge on any atom is -0.461 e. The van der Waals surface area contributed by atoms with Gasteiger partial charge in [-0.15, -0.1) is 0 Å². The fourth-order valence-electron chi connectivity index (χ4n) is 1.77. The van der Waals surface area contributed by atoms with E-state index in [2.05, 4.69) is 15.5 Å². The number of halogens is 1. The highest BCUT2D eigenvalue weighted by molar-refractivity contribution is 6.33. The van der Waals surface area contributed by atoms with Crippen LogP contribution in [0.5, 0.6) is 0 Å². The van der Waals surface area contributed by atoms with Crippen LogP contribution in [-0.4, -0.2) is 10.1 Å². The van der Waals surface area contributed by atoms with Gasteiger partial charge in [-0.2, -0.15) is 4.98 Å². The summed E-state index contributed by atoms with van der Waals surface area (Å²) >= 11 is 6.14. The van der Waals surface area contributed by atoms with Crippen LogP contribution >= 0.6 is 11.6 Å². The first kappa shape index (κ1) is 12.7. The van der Waals surface area contributed by atoms with Crippen LogP contribution in [0.4, 0.5) is 5.69 Å². The van der Waals surface area contributed by atoms with Crippen molar-refractivity contribution in [1.82, 2.24) is 10.1 Å². The molecule has 0 aliphatic heterocycles. The molecule has 0 aliphatic carbocycles. The van der Waals surface area contributed by atoms with Crippen LogP contribution in [0.25, 0.3) is 11.6 Å². The number of benzene rings is 1. The van der Waals surface area contributed by atoms with Gasteiger partial charge in [0.15, 0.2) is 5.76 Å². The van der Waals surface area contributed by atoms with Gasteiger partial charge >= 0.3 is 0 Å². The predicted molar refractivity (Wildman–Crippen MR) is 75.5 cm³/mol. The molecule has 0 radical (unpaired) electrons. The Kier molecular flexibility index (Phi) is 3.43. The molecule has 0 aliphatic rings. The molecular weight excluding hydrogens is 278 g/mol. The molecule has 0 saturated carbocycles. The SMILES string of the molecule is Cc1ccc(NCc2nc(-c3ccco3)no2)c(Cl)c1. The molecule has 102 valence electrons. The molecule has 2 aromatic heterocycles. The summed E-state index contributed by atoms with van der Waals surface area (Å²) in [4.78, 5) is 4.24. The molecule has 3 aromatic rings. The first-order valence-corrected chi connectivity index (χ1v) is 6.46. The molecule has 2 heterocycles. The van der Waals surface area contributed by atoms with Crippen molar-refractivity contribution in [1.29, 1.82) is 0 Å². The molecule has 0 atom stereocenters. The van der Waals surface area contributed by atoms with E-state index in [1.165, 1.54) is 0 Å². The Bertz CT molecular complexity index is 707. The second-order valence-electron chi connectivity index (χ2n) is 4.33. The van der Waals surface area contributed by atoms with Gasteiger partial charge in [0, 0.05) is 0 Å². The first-order chi connectivity index (χ1) is 9.72. The number of nitrogens with one attached hydrogen (secondary N) is 1. The van der Waals surface area contributed by atoms with Gasteiger partial charge < -0.3 is 14.3 Å². The molecule has 20 heavy (non-hydrogen) atoms. The molecule has 0 unspecified atom stereocenters. The Morgan fingerprint density at radius 2 is 2.20 bits per heavy atom. The zero-order chi connectivity index (χ0) is 13.9. The fourth-order valence-corrected chi connectivity index (χ4v) is 2.07. The van der Waals surface area contributed by atoms with Crippen LogP contribution in [0.15, 0.2) is 45.5 Å². The monoisotopic (exact) mass is 289 g/mol. The number of furan rings is 1. The number of aromatic nitrogens is 2. The molecule has 0 amide bonds. The van der Waals surface area contributed by atoms with Gasteiger partial charge in [0.05, 0.1) is 23.5 Å². The Morgan fingerprint density at radius 3 is 2.95 bits per heavy atom. The molecule has 0 spiro atoms. The molecule has 5 nitrogen and oxygen atoms in total. The maximum atomic E-state index is 6.14. The number of anilines is 1. The van der Waals surface area contributed by atoms with Gasteiger partial charge in [-0.05, 0) is 36.8 Å². The highest BCUT2D eigenvalue weighted by atomic mass is 35.5. The van der Waals surface area contributed by atoms with E-state index in [1.54, 1.807) is 18.4 Å². The highest BCUT2D eigenvalue weighted by Gasteiger charge is 2.10. The van der Waals surface area contributed by atoms with Crippen molar-refractivity contribution < 1.29 is 8.94 Å². The molecule has 1 aromatic carbocycles. The summed E-state index contributed by atoms with van der Waals surface area (Å²) in [5.41, 5.74) is 1.94. The van der Waals surface area contributed by atoms with Crippen LogP contribution < -0.4 is 5.32 Å². The Morgan fingerprint density at radius 1 is 1.30 bits per heavy atom. The van der Waals surface area contributed by atoms with E-state index >= 15 is 0 Å². The van der Waals surface area contributed by atoms with Crippen LogP contribution in [0.3, 0.4) is 0 Å². The normalized spacial score (nSPS) is 10.7. The number of rotatable bonds is 4. The second kappa shape index (κ2) is 5.38. The van der Waals surface area contributed by atoms with Crippen LogP contribution in [0, 0.1) is 6.92 Å². The summed E-state index contributed by atoms with van der Waals surface area (Å²) in [6.45, 7) is 2.39. The number of aryl methyl sites for hydroxylation is 1. The van der Waals surface area contributed by atoms with Gasteiger partial charge in [0.1, 0.15) is 0 Å². The van der Waals surface area contributed by atoms with E-state index in [0.29, 0.717) is 29.0 Å². The van der Waals surface area contributed by atoms with Crippen molar-refractivity contribution in [2.45, 2.75) is 13.5 Å². The fraction of sp³-hybridized carbons (Fsp3) is 0.143. The summed E-state index contributed by atoms with van der Waals surface area (Å²) in [5, 5.41) is 7.67. The van der Waals surface area contributed by atoms with Crippen LogP contribution in [0.1, 0.15) is 11.5 Å². The molecular formula is C14H12ClN3O2. The van der Waals surface area contributed by atoms with Gasteiger partial charge in [-0.1, -0.05) is 22.8 Å². The summed E-state index contributed by atoms with van der Waals surface area (Å²) in [7, 11) is 0. The van der Waals surface area contributed by atoms with E-state index in [0.717, 1.165) is 11.3 Å². The van der Waals surface area contributed by atoms with E-state index in [-0.39, 0.29) is 0 Å². The van der Waals surface area contributed by atoms with Gasteiger partial charge in [-0.3, -0.25) is 0 Å². The lowest BCUT2D eigenvalue weighted by molar-refractivity contribution is 0.382. The topological polar surface area (TPSA) is 64.1 Å². The quantitative estimate of drug-likeness (QED) is 0.789. The molecule has 0 saturated heterocycles. The Labute approximate surface area is 120 Å². The summed E-state index contributed by atoms with van der Waals surface area (Å²) in [5.74, 6) is 1.48. The lowest BCUT2D eigenvalue weighted by Crippen LogP contribution is -2.00. The third-order valence-corrected chi connectivity index (χ3v) is 3.08. The molecule has 3 rings (SSSR count). The van der Waals surface area contributed by atoms with Gasteiger partial charge in [0.25, 0.3) is 0 Å². The number of hydrogen-bond donors (Lipinski definition) is 1. The van der Waals surface area contributed by atoms with E-state index in [4.69, 9.17) is 20.5 Å². The average Bonchev–Trinajstić information content (AvgIpc) is 3.08. The smallest absolute Gasteiger partial charge is 0.246 e. The van der Waals surface area contributed by atoms with Crippen molar-refractivity contribution in [3.05, 3.63) is 53.1 Å². The highest BCUT2D eigenvalue weighted by Crippen LogP contribution is 2.23. The van der Waals surface area contributed by atoms with Crippen molar-refractivity contribution >= 4 is 17.3 Å². The molecule has 0 bridgehead atoms. The van der Waals surface area contributed by atoms with Crippen molar-refractivity contribution in [3.63, 3.8) is 0 Å². The number of nitrogens with zero attached hydrogens (tertiary/aromatic N) is 2. The zero-order valence-electron chi connectivity index (χ0n) is 10.8. The largest absolute Gasteiger partial charge is 0.461 e. The average molecular weight is 290 g/mol. The molecule has 1 N–H and O–H groups in total. The minimum atomic E-state index is 0.399. The van der Waals surface area contributed by atoms with Gasteiger partial charge in [0.2, 0.25) is 11.7 Å². The van der Waals surface area contributed by atoms with Crippen molar-refractivity contribution in [2.24, 2.45) is 0 Å². The third-order valence-electron chi connectivity index (χ3n) is 2.76. The molecule has 6 heteroatoms. The predicted octanol–water partition coefficient (Wildman–Crippen LogP) is 3.90. The molecule has 0 fully saturated rings.